The lowest BCUT2D eigenvalue weighted by Crippen LogP contribution is -2.29. The predicted octanol–water partition coefficient (Wildman–Crippen LogP) is 2.63. The number of pyridine rings is 1. The van der Waals surface area contributed by atoms with Gasteiger partial charge in [-0.1, -0.05) is 6.07 Å². The number of aromatic amines is 1. The van der Waals surface area contributed by atoms with E-state index in [1.54, 1.807) is 11.8 Å². The van der Waals surface area contributed by atoms with E-state index >= 15 is 0 Å². The quantitative estimate of drug-likeness (QED) is 0.367. The van der Waals surface area contributed by atoms with Gasteiger partial charge in [0, 0.05) is 31.3 Å². The third-order valence-corrected chi connectivity index (χ3v) is 6.74. The first-order valence-electron chi connectivity index (χ1n) is 12.3. The third kappa shape index (κ3) is 5.13. The number of fused-ring (bicyclic) bond motifs is 2. The van der Waals surface area contributed by atoms with Crippen molar-refractivity contribution in [2.45, 2.75) is 45.1 Å². The van der Waals surface area contributed by atoms with Crippen molar-refractivity contribution in [3.8, 4) is 17.2 Å². The summed E-state index contributed by atoms with van der Waals surface area (Å²) in [5.74, 6) is 2.87. The van der Waals surface area contributed by atoms with Crippen molar-refractivity contribution in [2.24, 2.45) is 0 Å². The normalized spacial score (nSPS) is 16.6. The van der Waals surface area contributed by atoms with Gasteiger partial charge in [-0.2, -0.15) is 0 Å². The van der Waals surface area contributed by atoms with Crippen LogP contribution in [0.15, 0.2) is 47.3 Å². The Labute approximate surface area is 212 Å². The van der Waals surface area contributed by atoms with Crippen LogP contribution in [0.5, 0.6) is 17.2 Å². The standard InChI is InChI=1S/C26H28N6O5/c1-34-20-6-5-18-10-19(26(33)27-22(18)11-20)13-31(12-17-4-7-23-24(9-17)37-16-36-23)15-25-28-29-30-32(25)14-21-3-2-8-35-21/h4-7,9-11,21H,2-3,8,12-16H2,1H3,(H,27,33). The van der Waals surface area contributed by atoms with Crippen LogP contribution in [0.2, 0.25) is 0 Å². The van der Waals surface area contributed by atoms with Crippen LogP contribution in [0, 0.1) is 0 Å². The molecule has 0 amide bonds. The molecule has 2 aliphatic rings. The van der Waals surface area contributed by atoms with Gasteiger partial charge in [0.2, 0.25) is 6.79 Å². The number of hydrogen-bond donors (Lipinski definition) is 1. The molecule has 0 saturated carbocycles. The highest BCUT2D eigenvalue weighted by Gasteiger charge is 2.21. The molecule has 1 unspecified atom stereocenters. The summed E-state index contributed by atoms with van der Waals surface area (Å²) in [6, 6.07) is 13.5. The molecule has 0 bridgehead atoms. The zero-order valence-corrected chi connectivity index (χ0v) is 20.6. The van der Waals surface area contributed by atoms with Crippen LogP contribution in [0.4, 0.5) is 0 Å². The smallest absolute Gasteiger partial charge is 0.252 e. The summed E-state index contributed by atoms with van der Waals surface area (Å²) in [6.07, 6.45) is 2.16. The number of methoxy groups -OCH3 is 1. The molecular formula is C26H28N6O5. The summed E-state index contributed by atoms with van der Waals surface area (Å²) < 4.78 is 23.9. The SMILES string of the molecule is COc1ccc2cc(CN(Cc3ccc4c(c3)OCO4)Cc3nnnn3CC3CCCO3)c(=O)[nH]c2c1. The van der Waals surface area contributed by atoms with E-state index in [1.165, 1.54) is 0 Å². The molecule has 0 spiro atoms. The molecule has 11 nitrogen and oxygen atoms in total. The lowest BCUT2D eigenvalue weighted by molar-refractivity contribution is 0.0914. The average molecular weight is 505 g/mol. The Hall–Kier alpha value is -3.96. The number of benzene rings is 2. The van der Waals surface area contributed by atoms with Gasteiger partial charge in [-0.05, 0) is 64.5 Å². The van der Waals surface area contributed by atoms with Crippen molar-refractivity contribution in [2.75, 3.05) is 20.5 Å². The Bertz CT molecular complexity index is 1460. The lowest BCUT2D eigenvalue weighted by Gasteiger charge is -2.22. The van der Waals surface area contributed by atoms with Gasteiger partial charge in [-0.3, -0.25) is 9.69 Å². The predicted molar refractivity (Wildman–Crippen MR) is 133 cm³/mol. The molecule has 2 aromatic heterocycles. The number of ether oxygens (including phenoxy) is 4. The van der Waals surface area contributed by atoms with Gasteiger partial charge in [0.1, 0.15) is 5.75 Å². The molecule has 1 atom stereocenters. The minimum atomic E-state index is -0.143. The first kappa shape index (κ1) is 23.4. The molecular weight excluding hydrogens is 476 g/mol. The summed E-state index contributed by atoms with van der Waals surface area (Å²) in [7, 11) is 1.61. The first-order valence-corrected chi connectivity index (χ1v) is 12.3. The maximum absolute atomic E-state index is 13.1. The Morgan fingerprint density at radius 1 is 1.11 bits per heavy atom. The summed E-state index contributed by atoms with van der Waals surface area (Å²) in [4.78, 5) is 18.2. The molecule has 0 aliphatic carbocycles. The van der Waals surface area contributed by atoms with Gasteiger partial charge in [0.15, 0.2) is 17.3 Å². The number of rotatable bonds is 9. The molecule has 6 rings (SSSR count). The van der Waals surface area contributed by atoms with Crippen LogP contribution in [-0.4, -0.2) is 56.7 Å². The number of nitrogens with zero attached hydrogens (tertiary/aromatic N) is 5. The molecule has 2 aromatic carbocycles. The van der Waals surface area contributed by atoms with E-state index in [2.05, 4.69) is 25.4 Å². The molecule has 192 valence electrons. The highest BCUT2D eigenvalue weighted by molar-refractivity contribution is 5.80. The zero-order valence-electron chi connectivity index (χ0n) is 20.6. The van der Waals surface area contributed by atoms with Gasteiger partial charge in [-0.25, -0.2) is 4.68 Å². The number of tetrazole rings is 1. The Morgan fingerprint density at radius 3 is 2.89 bits per heavy atom. The fourth-order valence-corrected chi connectivity index (χ4v) is 4.84. The van der Waals surface area contributed by atoms with E-state index in [4.69, 9.17) is 18.9 Å². The van der Waals surface area contributed by atoms with E-state index in [0.29, 0.717) is 37.5 Å². The van der Waals surface area contributed by atoms with E-state index in [1.807, 2.05) is 42.5 Å². The fraction of sp³-hybridized carbons (Fsp3) is 0.385. The van der Waals surface area contributed by atoms with E-state index < -0.39 is 0 Å². The molecule has 37 heavy (non-hydrogen) atoms. The van der Waals surface area contributed by atoms with Crippen LogP contribution in [0.3, 0.4) is 0 Å². The summed E-state index contributed by atoms with van der Waals surface area (Å²) in [6.45, 7) is 3.02. The number of aromatic nitrogens is 5. The maximum Gasteiger partial charge on any atom is 0.252 e. The Morgan fingerprint density at radius 2 is 2.03 bits per heavy atom. The molecule has 0 radical (unpaired) electrons. The maximum atomic E-state index is 13.1. The topological polar surface area (TPSA) is 117 Å². The molecule has 1 N–H and O–H groups in total. The number of nitrogens with one attached hydrogen (secondary N) is 1. The van der Waals surface area contributed by atoms with Gasteiger partial charge < -0.3 is 23.9 Å². The molecule has 11 heteroatoms. The molecule has 1 fully saturated rings. The van der Waals surface area contributed by atoms with Crippen LogP contribution in [0.25, 0.3) is 10.9 Å². The van der Waals surface area contributed by atoms with Crippen molar-refractivity contribution in [1.82, 2.24) is 30.1 Å². The Balaban J connectivity index is 1.29. The van der Waals surface area contributed by atoms with E-state index in [0.717, 1.165) is 53.2 Å². The van der Waals surface area contributed by atoms with Crippen molar-refractivity contribution in [1.29, 1.82) is 0 Å². The van der Waals surface area contributed by atoms with Gasteiger partial charge in [0.05, 0.1) is 31.8 Å². The second kappa shape index (κ2) is 10.2. The highest BCUT2D eigenvalue weighted by Crippen LogP contribution is 2.33. The fourth-order valence-electron chi connectivity index (χ4n) is 4.84. The van der Waals surface area contributed by atoms with E-state index in [9.17, 15) is 4.79 Å². The third-order valence-electron chi connectivity index (χ3n) is 6.74. The van der Waals surface area contributed by atoms with Crippen molar-refractivity contribution in [3.05, 3.63) is 69.8 Å². The molecule has 1 saturated heterocycles. The number of hydrogen-bond acceptors (Lipinski definition) is 9. The summed E-state index contributed by atoms with van der Waals surface area (Å²) in [5, 5.41) is 13.3. The summed E-state index contributed by atoms with van der Waals surface area (Å²) in [5.41, 5.74) is 2.27. The van der Waals surface area contributed by atoms with E-state index in [-0.39, 0.29) is 18.5 Å². The monoisotopic (exact) mass is 504 g/mol. The minimum absolute atomic E-state index is 0.116. The van der Waals surface area contributed by atoms with Crippen molar-refractivity contribution >= 4 is 10.9 Å². The second-order valence-corrected chi connectivity index (χ2v) is 9.32. The zero-order chi connectivity index (χ0) is 25.2. The second-order valence-electron chi connectivity index (χ2n) is 9.32. The molecule has 2 aliphatic heterocycles. The molecule has 4 aromatic rings. The van der Waals surface area contributed by atoms with Crippen molar-refractivity contribution < 1.29 is 18.9 Å². The average Bonchev–Trinajstić information content (AvgIpc) is 3.67. The lowest BCUT2D eigenvalue weighted by atomic mass is 10.1. The van der Waals surface area contributed by atoms with Crippen LogP contribution >= 0.6 is 0 Å². The van der Waals surface area contributed by atoms with Gasteiger partial charge >= 0.3 is 0 Å². The van der Waals surface area contributed by atoms with Crippen molar-refractivity contribution in [3.63, 3.8) is 0 Å². The van der Waals surface area contributed by atoms with Crippen LogP contribution < -0.4 is 19.8 Å². The number of H-pyrrole nitrogens is 1. The highest BCUT2D eigenvalue weighted by atomic mass is 16.7. The van der Waals surface area contributed by atoms with Crippen LogP contribution in [-0.2, 0) is 30.9 Å². The first-order chi connectivity index (χ1) is 18.1. The summed E-state index contributed by atoms with van der Waals surface area (Å²) >= 11 is 0. The van der Waals surface area contributed by atoms with Gasteiger partial charge in [0.25, 0.3) is 5.56 Å². The minimum Gasteiger partial charge on any atom is -0.497 e. The van der Waals surface area contributed by atoms with Crippen LogP contribution in [0.1, 0.15) is 29.8 Å². The largest absolute Gasteiger partial charge is 0.497 e. The Kier molecular flexibility index (Phi) is 6.46. The van der Waals surface area contributed by atoms with Gasteiger partial charge in [-0.15, -0.1) is 5.10 Å². The molecule has 4 heterocycles.